The van der Waals surface area contributed by atoms with Crippen molar-refractivity contribution < 1.29 is 0 Å². The lowest BCUT2D eigenvalue weighted by atomic mass is 9.88. The van der Waals surface area contributed by atoms with Crippen LogP contribution in [0.25, 0.3) is 11.3 Å². The van der Waals surface area contributed by atoms with Crippen LogP contribution >= 0.6 is 11.6 Å². The maximum atomic E-state index is 6.03. The van der Waals surface area contributed by atoms with Gasteiger partial charge >= 0.3 is 0 Å². The Balaban J connectivity index is 1.30. The van der Waals surface area contributed by atoms with Crippen molar-refractivity contribution in [3.05, 3.63) is 64.3 Å². The predicted molar refractivity (Wildman–Crippen MR) is 115 cm³/mol. The van der Waals surface area contributed by atoms with E-state index in [9.17, 15) is 0 Å². The van der Waals surface area contributed by atoms with E-state index < -0.39 is 0 Å². The van der Waals surface area contributed by atoms with Crippen molar-refractivity contribution in [2.45, 2.75) is 57.5 Å². The molecule has 1 aliphatic carbocycles. The highest BCUT2D eigenvalue weighted by Crippen LogP contribution is 2.32. The Morgan fingerprint density at radius 2 is 1.90 bits per heavy atom. The minimum absolute atomic E-state index is 0.569. The van der Waals surface area contributed by atoms with Crippen LogP contribution in [0.3, 0.4) is 0 Å². The first kappa shape index (κ1) is 18.8. The van der Waals surface area contributed by atoms with Crippen LogP contribution in [0.1, 0.15) is 60.7 Å². The van der Waals surface area contributed by atoms with Gasteiger partial charge in [-0.2, -0.15) is 5.10 Å². The summed E-state index contributed by atoms with van der Waals surface area (Å²) in [4.78, 5) is 12.2. The van der Waals surface area contributed by atoms with Crippen molar-refractivity contribution in [3.63, 3.8) is 0 Å². The third-order valence-corrected chi connectivity index (χ3v) is 6.50. The molecule has 0 spiro atoms. The van der Waals surface area contributed by atoms with Crippen LogP contribution in [-0.2, 0) is 19.5 Å². The molecule has 3 aromatic rings. The summed E-state index contributed by atoms with van der Waals surface area (Å²) in [6.45, 7) is 2.77. The Hall–Kier alpha value is -2.24. The first-order valence-corrected chi connectivity index (χ1v) is 11.0. The molecule has 2 aliphatic rings. The monoisotopic (exact) mass is 407 g/mol. The van der Waals surface area contributed by atoms with Gasteiger partial charge in [-0.1, -0.05) is 43.0 Å². The molecule has 0 unspecified atom stereocenters. The van der Waals surface area contributed by atoms with Gasteiger partial charge in [-0.25, -0.2) is 9.97 Å². The zero-order chi connectivity index (χ0) is 19.6. The predicted octanol–water partition coefficient (Wildman–Crippen LogP) is 5.13. The molecule has 6 heteroatoms. The van der Waals surface area contributed by atoms with Crippen molar-refractivity contribution in [2.75, 3.05) is 6.54 Å². The second-order valence-electron chi connectivity index (χ2n) is 8.27. The minimum atomic E-state index is 0.569. The average molecular weight is 408 g/mol. The lowest BCUT2D eigenvalue weighted by molar-refractivity contribution is 0.242. The Morgan fingerprint density at radius 1 is 1.07 bits per heavy atom. The Morgan fingerprint density at radius 3 is 2.72 bits per heavy atom. The summed E-state index contributed by atoms with van der Waals surface area (Å²) in [5.41, 5.74) is 5.90. The molecule has 5 rings (SSSR count). The molecule has 1 N–H and O–H groups in total. The van der Waals surface area contributed by atoms with Gasteiger partial charge in [0.1, 0.15) is 5.82 Å². The number of nitrogens with zero attached hydrogens (tertiary/aromatic N) is 4. The molecule has 3 heterocycles. The fourth-order valence-corrected chi connectivity index (χ4v) is 4.75. The summed E-state index contributed by atoms with van der Waals surface area (Å²) in [5.74, 6) is 1.65. The molecule has 1 fully saturated rings. The van der Waals surface area contributed by atoms with Crippen molar-refractivity contribution in [1.29, 1.82) is 0 Å². The van der Waals surface area contributed by atoms with Crippen molar-refractivity contribution in [3.8, 4) is 11.3 Å². The second kappa shape index (κ2) is 8.25. The molecule has 0 amide bonds. The van der Waals surface area contributed by atoms with Crippen LogP contribution in [0.4, 0.5) is 0 Å². The number of halogens is 1. The fourth-order valence-electron chi connectivity index (χ4n) is 4.62. The molecular weight excluding hydrogens is 382 g/mol. The van der Waals surface area contributed by atoms with Crippen LogP contribution < -0.4 is 0 Å². The van der Waals surface area contributed by atoms with E-state index in [1.165, 1.54) is 48.9 Å². The molecule has 0 radical (unpaired) electrons. The summed E-state index contributed by atoms with van der Waals surface area (Å²) in [5, 5.41) is 8.18. The van der Waals surface area contributed by atoms with E-state index in [4.69, 9.17) is 21.6 Å². The quantitative estimate of drug-likeness (QED) is 0.651. The maximum absolute atomic E-state index is 6.03. The highest BCUT2D eigenvalue weighted by Gasteiger charge is 2.23. The summed E-state index contributed by atoms with van der Waals surface area (Å²) in [7, 11) is 0. The molecule has 150 valence electrons. The van der Waals surface area contributed by atoms with Crippen LogP contribution in [0, 0.1) is 0 Å². The number of hydrogen-bond donors (Lipinski definition) is 1. The number of fused-ring (bicyclic) bond motifs is 1. The molecule has 1 aromatic carbocycles. The minimum Gasteiger partial charge on any atom is -0.294 e. The van der Waals surface area contributed by atoms with Crippen LogP contribution in [0.15, 0.2) is 36.7 Å². The molecule has 0 saturated heterocycles. The van der Waals surface area contributed by atoms with Crippen molar-refractivity contribution in [1.82, 2.24) is 25.1 Å². The summed E-state index contributed by atoms with van der Waals surface area (Å²) >= 11 is 6.03. The molecule has 2 aromatic heterocycles. The van der Waals surface area contributed by atoms with E-state index in [0.717, 1.165) is 48.2 Å². The molecule has 0 atom stereocenters. The van der Waals surface area contributed by atoms with Gasteiger partial charge in [-0.3, -0.25) is 10.00 Å². The molecule has 5 nitrogen and oxygen atoms in total. The van der Waals surface area contributed by atoms with Gasteiger partial charge in [-0.05, 0) is 30.5 Å². The largest absolute Gasteiger partial charge is 0.294 e. The third-order valence-electron chi connectivity index (χ3n) is 6.25. The van der Waals surface area contributed by atoms with E-state index in [0.29, 0.717) is 5.92 Å². The SMILES string of the molecule is Clc1ccc(-c2[nH]ncc2CN2CCc3nc(C4CCCCC4)ncc3C2)cc1. The highest BCUT2D eigenvalue weighted by atomic mass is 35.5. The Labute approximate surface area is 176 Å². The third kappa shape index (κ3) is 4.07. The second-order valence-corrected chi connectivity index (χ2v) is 8.71. The topological polar surface area (TPSA) is 57.7 Å². The van der Waals surface area contributed by atoms with Gasteiger partial charge in [-0.15, -0.1) is 0 Å². The molecule has 1 saturated carbocycles. The van der Waals surface area contributed by atoms with Crippen LogP contribution in [0.5, 0.6) is 0 Å². The van der Waals surface area contributed by atoms with Gasteiger partial charge < -0.3 is 0 Å². The van der Waals surface area contributed by atoms with E-state index in [1.54, 1.807) is 0 Å². The smallest absolute Gasteiger partial charge is 0.131 e. The normalized spacial score (nSPS) is 18.0. The van der Waals surface area contributed by atoms with Crippen molar-refractivity contribution in [2.24, 2.45) is 0 Å². The average Bonchev–Trinajstić information content (AvgIpc) is 3.22. The van der Waals surface area contributed by atoms with Gasteiger partial charge in [0.05, 0.1) is 11.9 Å². The van der Waals surface area contributed by atoms with E-state index >= 15 is 0 Å². The summed E-state index contributed by atoms with van der Waals surface area (Å²) < 4.78 is 0. The van der Waals surface area contributed by atoms with Gasteiger partial charge in [0.2, 0.25) is 0 Å². The first-order valence-electron chi connectivity index (χ1n) is 10.6. The number of aromatic amines is 1. The zero-order valence-corrected chi connectivity index (χ0v) is 17.3. The van der Waals surface area contributed by atoms with Crippen molar-refractivity contribution >= 4 is 11.6 Å². The Kier molecular flexibility index (Phi) is 5.34. The summed E-state index contributed by atoms with van der Waals surface area (Å²) in [6, 6.07) is 7.90. The lowest BCUT2D eigenvalue weighted by Crippen LogP contribution is -2.31. The lowest BCUT2D eigenvalue weighted by Gasteiger charge is -2.29. The Bertz CT molecular complexity index is 975. The van der Waals surface area contributed by atoms with E-state index in [-0.39, 0.29) is 0 Å². The molecular formula is C23H26ClN5. The van der Waals surface area contributed by atoms with Gasteiger partial charge in [0.25, 0.3) is 0 Å². The zero-order valence-electron chi connectivity index (χ0n) is 16.6. The molecule has 29 heavy (non-hydrogen) atoms. The van der Waals surface area contributed by atoms with E-state index in [1.807, 2.05) is 30.5 Å². The molecule has 0 bridgehead atoms. The maximum Gasteiger partial charge on any atom is 0.131 e. The van der Waals surface area contributed by atoms with Gasteiger partial charge in [0.15, 0.2) is 0 Å². The number of rotatable bonds is 4. The molecule has 1 aliphatic heterocycles. The van der Waals surface area contributed by atoms with Gasteiger partial charge in [0, 0.05) is 60.0 Å². The number of nitrogens with one attached hydrogen (secondary N) is 1. The number of benzene rings is 1. The number of hydrogen-bond acceptors (Lipinski definition) is 4. The first-order chi connectivity index (χ1) is 14.3. The standard InChI is InChI=1S/C23H26ClN5/c24-20-8-6-16(7-9-20)22-19(13-26-28-22)15-29-11-10-21-18(14-29)12-25-23(27-21)17-4-2-1-3-5-17/h6-9,12-13,17H,1-5,10-11,14-15H2,(H,26,28). The highest BCUT2D eigenvalue weighted by molar-refractivity contribution is 6.30. The van der Waals surface area contributed by atoms with E-state index in [2.05, 4.69) is 21.3 Å². The number of H-pyrrole nitrogens is 1. The van der Waals surface area contributed by atoms with Crippen LogP contribution in [0.2, 0.25) is 5.02 Å². The number of aromatic nitrogens is 4. The summed E-state index contributed by atoms with van der Waals surface area (Å²) in [6.07, 6.45) is 11.5. The van der Waals surface area contributed by atoms with Crippen LogP contribution in [-0.4, -0.2) is 31.6 Å². The fraction of sp³-hybridized carbons (Fsp3) is 0.435.